The molecule has 1 aliphatic carbocycles. The standard InChI is InChI=1S/C17H23NO3/c1-16(2)13(17(16,3)4)14(19)18(5)12-10-8-7-9-11(12)15(20)21-6/h7-10,13H,1-6H3. The first kappa shape index (κ1) is 15.5. The first-order valence-electron chi connectivity index (χ1n) is 7.11. The molecule has 2 rings (SSSR count). The Labute approximate surface area is 126 Å². The number of anilines is 1. The molecule has 0 saturated heterocycles. The van der Waals surface area contributed by atoms with Gasteiger partial charge in [-0.3, -0.25) is 4.79 Å². The van der Waals surface area contributed by atoms with E-state index < -0.39 is 5.97 Å². The summed E-state index contributed by atoms with van der Waals surface area (Å²) in [5.74, 6) is -0.429. The molecule has 1 amide bonds. The fourth-order valence-corrected chi connectivity index (χ4v) is 3.17. The van der Waals surface area contributed by atoms with E-state index in [0.29, 0.717) is 11.3 Å². The lowest BCUT2D eigenvalue weighted by Gasteiger charge is -2.21. The second kappa shape index (κ2) is 4.86. The Morgan fingerprint density at radius 1 is 1.10 bits per heavy atom. The van der Waals surface area contributed by atoms with E-state index in [-0.39, 0.29) is 22.7 Å². The molecule has 0 aliphatic heterocycles. The van der Waals surface area contributed by atoms with Crippen molar-refractivity contribution < 1.29 is 14.3 Å². The Morgan fingerprint density at radius 3 is 2.10 bits per heavy atom. The third-order valence-corrected chi connectivity index (χ3v) is 5.27. The number of methoxy groups -OCH3 is 1. The second-order valence-electron chi connectivity index (χ2n) is 6.78. The van der Waals surface area contributed by atoms with Crippen molar-refractivity contribution >= 4 is 17.6 Å². The fourth-order valence-electron chi connectivity index (χ4n) is 3.17. The lowest BCUT2D eigenvalue weighted by Crippen LogP contribution is -2.31. The van der Waals surface area contributed by atoms with Crippen LogP contribution in [0.3, 0.4) is 0 Å². The lowest BCUT2D eigenvalue weighted by molar-refractivity contribution is -0.120. The lowest BCUT2D eigenvalue weighted by atomic mass is 10.0. The van der Waals surface area contributed by atoms with Gasteiger partial charge in [-0.15, -0.1) is 0 Å². The highest BCUT2D eigenvalue weighted by molar-refractivity contribution is 6.04. The molecule has 1 aromatic rings. The third-order valence-electron chi connectivity index (χ3n) is 5.27. The van der Waals surface area contributed by atoms with E-state index in [1.54, 1.807) is 30.1 Å². The van der Waals surface area contributed by atoms with Crippen molar-refractivity contribution in [3.8, 4) is 0 Å². The molecule has 0 unspecified atom stereocenters. The number of carbonyl (C=O) groups excluding carboxylic acids is 2. The van der Waals surface area contributed by atoms with Crippen molar-refractivity contribution in [2.75, 3.05) is 19.1 Å². The number of benzene rings is 1. The maximum Gasteiger partial charge on any atom is 0.339 e. The molecule has 1 aromatic carbocycles. The molecule has 1 saturated carbocycles. The molecule has 0 atom stereocenters. The summed E-state index contributed by atoms with van der Waals surface area (Å²) in [6.07, 6.45) is 0. The van der Waals surface area contributed by atoms with Gasteiger partial charge in [-0.1, -0.05) is 39.8 Å². The molecule has 0 N–H and O–H groups in total. The van der Waals surface area contributed by atoms with Gasteiger partial charge in [0, 0.05) is 13.0 Å². The van der Waals surface area contributed by atoms with E-state index in [4.69, 9.17) is 4.74 Å². The normalized spacial score (nSPS) is 19.0. The number of esters is 1. The molecule has 0 bridgehead atoms. The highest BCUT2D eigenvalue weighted by Gasteiger charge is 2.68. The molecule has 114 valence electrons. The number of para-hydroxylation sites is 1. The molecule has 4 nitrogen and oxygen atoms in total. The second-order valence-corrected chi connectivity index (χ2v) is 6.78. The van der Waals surface area contributed by atoms with Gasteiger partial charge < -0.3 is 9.64 Å². The zero-order chi connectivity index (χ0) is 16.0. The molecule has 0 radical (unpaired) electrons. The summed E-state index contributed by atoms with van der Waals surface area (Å²) >= 11 is 0. The first-order chi connectivity index (χ1) is 9.66. The van der Waals surface area contributed by atoms with Crippen molar-refractivity contribution in [2.24, 2.45) is 16.7 Å². The molecule has 1 fully saturated rings. The SMILES string of the molecule is COC(=O)c1ccccc1N(C)C(=O)C1C(C)(C)C1(C)C. The van der Waals surface area contributed by atoms with E-state index >= 15 is 0 Å². The molecule has 1 aliphatic rings. The van der Waals surface area contributed by atoms with Crippen LogP contribution in [0.4, 0.5) is 5.69 Å². The Bertz CT molecular complexity index is 575. The smallest absolute Gasteiger partial charge is 0.339 e. The van der Waals surface area contributed by atoms with Crippen molar-refractivity contribution in [3.05, 3.63) is 29.8 Å². The average molecular weight is 289 g/mol. The minimum absolute atomic E-state index is 0.0292. The first-order valence-corrected chi connectivity index (χ1v) is 7.11. The van der Waals surface area contributed by atoms with Crippen LogP contribution in [0.15, 0.2) is 24.3 Å². The summed E-state index contributed by atoms with van der Waals surface area (Å²) in [7, 11) is 3.06. The van der Waals surface area contributed by atoms with E-state index in [1.807, 2.05) is 6.07 Å². The Balaban J connectivity index is 2.32. The number of nitrogens with zero attached hydrogens (tertiary/aromatic N) is 1. The van der Waals surface area contributed by atoms with Crippen LogP contribution in [0.2, 0.25) is 0 Å². The van der Waals surface area contributed by atoms with E-state index in [1.165, 1.54) is 7.11 Å². The highest BCUT2D eigenvalue weighted by atomic mass is 16.5. The van der Waals surface area contributed by atoms with Crippen LogP contribution in [-0.4, -0.2) is 26.0 Å². The van der Waals surface area contributed by atoms with Crippen molar-refractivity contribution in [2.45, 2.75) is 27.7 Å². The predicted octanol–water partition coefficient (Wildman–Crippen LogP) is 3.12. The molecule has 4 heteroatoms. The number of amides is 1. The Hall–Kier alpha value is -1.84. The van der Waals surface area contributed by atoms with Gasteiger partial charge in [0.05, 0.1) is 18.4 Å². The maximum absolute atomic E-state index is 12.8. The number of carbonyl (C=O) groups is 2. The molecule has 0 spiro atoms. The topological polar surface area (TPSA) is 46.6 Å². The van der Waals surface area contributed by atoms with Crippen LogP contribution in [0.1, 0.15) is 38.1 Å². The van der Waals surface area contributed by atoms with Gasteiger partial charge in [-0.25, -0.2) is 4.79 Å². The predicted molar refractivity (Wildman–Crippen MR) is 82.2 cm³/mol. The summed E-state index contributed by atoms with van der Waals surface area (Å²) in [5, 5.41) is 0. The monoisotopic (exact) mass is 289 g/mol. The van der Waals surface area contributed by atoms with Gasteiger partial charge in [0.25, 0.3) is 0 Å². The van der Waals surface area contributed by atoms with Crippen LogP contribution in [-0.2, 0) is 9.53 Å². The summed E-state index contributed by atoms with van der Waals surface area (Å²) in [6.45, 7) is 8.43. The van der Waals surface area contributed by atoms with Gasteiger partial charge in [-0.2, -0.15) is 0 Å². The van der Waals surface area contributed by atoms with Crippen LogP contribution in [0.5, 0.6) is 0 Å². The molecule has 21 heavy (non-hydrogen) atoms. The van der Waals surface area contributed by atoms with Crippen LogP contribution >= 0.6 is 0 Å². The van der Waals surface area contributed by atoms with Gasteiger partial charge >= 0.3 is 5.97 Å². The largest absolute Gasteiger partial charge is 0.465 e. The zero-order valence-electron chi connectivity index (χ0n) is 13.6. The highest BCUT2D eigenvalue weighted by Crippen LogP contribution is 2.68. The van der Waals surface area contributed by atoms with Gasteiger partial charge in [0.2, 0.25) is 5.91 Å². The number of ether oxygens (including phenoxy) is 1. The van der Waals surface area contributed by atoms with E-state index in [0.717, 1.165) is 0 Å². The fraction of sp³-hybridized carbons (Fsp3) is 0.529. The van der Waals surface area contributed by atoms with Gasteiger partial charge in [-0.05, 0) is 23.0 Å². The van der Waals surface area contributed by atoms with Crippen molar-refractivity contribution in [1.29, 1.82) is 0 Å². The summed E-state index contributed by atoms with van der Waals surface area (Å²) in [4.78, 5) is 26.2. The molecular formula is C17H23NO3. The summed E-state index contributed by atoms with van der Waals surface area (Å²) < 4.78 is 4.79. The average Bonchev–Trinajstić information content (AvgIpc) is 2.86. The maximum atomic E-state index is 12.8. The third kappa shape index (κ3) is 2.23. The van der Waals surface area contributed by atoms with Crippen molar-refractivity contribution in [3.63, 3.8) is 0 Å². The van der Waals surface area contributed by atoms with Crippen molar-refractivity contribution in [1.82, 2.24) is 0 Å². The zero-order valence-corrected chi connectivity index (χ0v) is 13.6. The number of rotatable bonds is 3. The molecule has 0 aromatic heterocycles. The van der Waals surface area contributed by atoms with Crippen LogP contribution in [0, 0.1) is 16.7 Å². The van der Waals surface area contributed by atoms with E-state index in [9.17, 15) is 9.59 Å². The van der Waals surface area contributed by atoms with E-state index in [2.05, 4.69) is 27.7 Å². The van der Waals surface area contributed by atoms with Gasteiger partial charge in [0.15, 0.2) is 0 Å². The Morgan fingerprint density at radius 2 is 1.62 bits per heavy atom. The summed E-state index contributed by atoms with van der Waals surface area (Å²) in [6, 6.07) is 7.02. The van der Waals surface area contributed by atoms with Gasteiger partial charge in [0.1, 0.15) is 0 Å². The minimum Gasteiger partial charge on any atom is -0.465 e. The quantitative estimate of drug-likeness (QED) is 0.803. The minimum atomic E-state index is -0.431. The summed E-state index contributed by atoms with van der Waals surface area (Å²) in [5.41, 5.74) is 0.942. The molecular weight excluding hydrogens is 266 g/mol. The van der Waals surface area contributed by atoms with Crippen LogP contribution < -0.4 is 4.90 Å². The molecule has 0 heterocycles. The van der Waals surface area contributed by atoms with Crippen LogP contribution in [0.25, 0.3) is 0 Å². The Kier molecular flexibility index (Phi) is 3.60. The number of hydrogen-bond donors (Lipinski definition) is 0. The number of hydrogen-bond acceptors (Lipinski definition) is 3.